The summed E-state index contributed by atoms with van der Waals surface area (Å²) in [6, 6.07) is 0. The van der Waals surface area contributed by atoms with E-state index in [-0.39, 0.29) is 0 Å². The molecule has 0 saturated heterocycles. The zero-order valence-electron chi connectivity index (χ0n) is 2.49. The van der Waals surface area contributed by atoms with Gasteiger partial charge in [-0.25, -0.2) is 4.18 Å². The summed E-state index contributed by atoms with van der Waals surface area (Å²) < 4.78 is 34.1. The molecule has 0 rings (SSSR count). The van der Waals surface area contributed by atoms with E-state index >= 15 is 0 Å². The van der Waals surface area contributed by atoms with E-state index in [1.54, 1.807) is 0 Å². The van der Waals surface area contributed by atoms with Crippen molar-refractivity contribution < 1.29 is 17.4 Å². The summed E-state index contributed by atoms with van der Waals surface area (Å²) in [5.41, 5.74) is 0. The molecule has 0 N–H and O–H groups in total. The van der Waals surface area contributed by atoms with Gasteiger partial charge >= 0.3 is 6.36 Å². The number of thiol groups is 1. The van der Waals surface area contributed by atoms with Gasteiger partial charge in [-0.1, -0.05) is 0 Å². The first-order valence-electron chi connectivity index (χ1n) is 0.954. The van der Waals surface area contributed by atoms with Gasteiger partial charge in [-0.2, -0.15) is 0 Å². The Labute approximate surface area is 37.7 Å². The van der Waals surface area contributed by atoms with Gasteiger partial charge in [0.2, 0.25) is 0 Å². The van der Waals surface area contributed by atoms with Gasteiger partial charge in [0.05, 0.1) is 0 Å². The molecule has 6 heavy (non-hydrogen) atoms. The first-order valence-corrected chi connectivity index (χ1v) is 1.32. The summed E-state index contributed by atoms with van der Waals surface area (Å²) in [6.07, 6.45) is -4.59. The number of halogens is 3. The highest BCUT2D eigenvalue weighted by Crippen LogP contribution is 2.16. The first-order chi connectivity index (χ1) is 2.56. The number of hydrogen-bond acceptors (Lipinski definition) is 2. The third-order valence-electron chi connectivity index (χ3n) is 0.104. The van der Waals surface area contributed by atoms with Gasteiger partial charge in [0.15, 0.2) is 0 Å². The van der Waals surface area contributed by atoms with Crippen molar-refractivity contribution in [1.29, 1.82) is 0 Å². The van der Waals surface area contributed by atoms with Crippen LogP contribution in [0.3, 0.4) is 0 Å². The second-order valence-electron chi connectivity index (χ2n) is 0.537. The van der Waals surface area contributed by atoms with Crippen LogP contribution in [0.5, 0.6) is 0 Å². The van der Waals surface area contributed by atoms with E-state index in [9.17, 15) is 13.2 Å². The summed E-state index contributed by atoms with van der Waals surface area (Å²) in [6.45, 7) is 0. The lowest BCUT2D eigenvalue weighted by Crippen LogP contribution is -2.04. The van der Waals surface area contributed by atoms with E-state index in [0.29, 0.717) is 0 Å². The SMILES string of the molecule is FC(F)(F)OS. The molecule has 0 aliphatic rings. The van der Waals surface area contributed by atoms with Crippen molar-refractivity contribution in [1.82, 2.24) is 0 Å². The number of hydrogen-bond donors (Lipinski definition) is 1. The van der Waals surface area contributed by atoms with E-state index in [2.05, 4.69) is 17.1 Å². The Bertz CT molecular complexity index is 40.5. The Morgan fingerprint density at radius 2 is 1.50 bits per heavy atom. The molecule has 0 heterocycles. The minimum Gasteiger partial charge on any atom is -0.223 e. The molecule has 0 aromatic rings. The Morgan fingerprint density at radius 1 is 1.33 bits per heavy atom. The van der Waals surface area contributed by atoms with Gasteiger partial charge in [-0.05, 0) is 12.9 Å². The average Bonchev–Trinajstić information content (AvgIpc) is 1.35. The van der Waals surface area contributed by atoms with Crippen molar-refractivity contribution >= 4 is 12.9 Å². The Morgan fingerprint density at radius 3 is 1.50 bits per heavy atom. The van der Waals surface area contributed by atoms with E-state index < -0.39 is 6.36 Å². The Hall–Kier alpha value is 0.100. The van der Waals surface area contributed by atoms with E-state index in [0.717, 1.165) is 0 Å². The summed E-state index contributed by atoms with van der Waals surface area (Å²) in [4.78, 5) is 0. The highest BCUT2D eigenvalue weighted by molar-refractivity contribution is 7.75. The Balaban J connectivity index is 3.17. The van der Waals surface area contributed by atoms with Gasteiger partial charge in [-0.3, -0.25) is 0 Å². The normalized spacial score (nSPS) is 12.0. The molecule has 0 fully saturated rings. The fourth-order valence-electron chi connectivity index (χ4n) is 0. The molecule has 0 amide bonds. The predicted octanol–water partition coefficient (Wildman–Crippen LogP) is 1.37. The van der Waals surface area contributed by atoms with E-state index in [1.165, 1.54) is 0 Å². The smallest absolute Gasteiger partial charge is 0.223 e. The standard InChI is InChI=1S/CHF3OS/c2-1(3,4)5-6/h6H. The van der Waals surface area contributed by atoms with Crippen LogP contribution < -0.4 is 0 Å². The van der Waals surface area contributed by atoms with E-state index in [1.807, 2.05) is 0 Å². The maximum Gasteiger partial charge on any atom is 0.533 e. The van der Waals surface area contributed by atoms with Gasteiger partial charge in [0.1, 0.15) is 0 Å². The maximum atomic E-state index is 10.5. The molecular weight excluding hydrogens is 117 g/mol. The van der Waals surface area contributed by atoms with Crippen LogP contribution in [-0.4, -0.2) is 6.36 Å². The minimum absolute atomic E-state index is 2.48. The van der Waals surface area contributed by atoms with Gasteiger partial charge in [0, 0.05) is 0 Å². The molecule has 38 valence electrons. The third kappa shape index (κ3) is 4.10. The average molecular weight is 118 g/mol. The molecule has 0 aliphatic carbocycles. The molecule has 1 nitrogen and oxygen atoms in total. The maximum absolute atomic E-state index is 10.5. The molecule has 0 atom stereocenters. The monoisotopic (exact) mass is 118 g/mol. The van der Waals surface area contributed by atoms with Gasteiger partial charge in [0.25, 0.3) is 0 Å². The van der Waals surface area contributed by atoms with Crippen LogP contribution >= 0.6 is 12.9 Å². The van der Waals surface area contributed by atoms with E-state index in [4.69, 9.17) is 0 Å². The van der Waals surface area contributed by atoms with Crippen LogP contribution in [-0.2, 0) is 4.18 Å². The fourth-order valence-corrected chi connectivity index (χ4v) is 0. The van der Waals surface area contributed by atoms with Crippen LogP contribution in [0.4, 0.5) is 13.2 Å². The third-order valence-corrected chi connectivity index (χ3v) is 0.311. The van der Waals surface area contributed by atoms with Crippen LogP contribution in [0.1, 0.15) is 0 Å². The largest absolute Gasteiger partial charge is 0.533 e. The van der Waals surface area contributed by atoms with Crippen molar-refractivity contribution in [2.24, 2.45) is 0 Å². The highest BCUT2D eigenvalue weighted by atomic mass is 32.1. The van der Waals surface area contributed by atoms with Crippen LogP contribution in [0.25, 0.3) is 0 Å². The molecule has 0 bridgehead atoms. The lowest BCUT2D eigenvalue weighted by atomic mass is 11.4. The molecule has 0 unspecified atom stereocenters. The van der Waals surface area contributed by atoms with Gasteiger partial charge in [-0.15, -0.1) is 13.2 Å². The molecule has 0 saturated carbocycles. The topological polar surface area (TPSA) is 9.23 Å². The molecule has 5 heteroatoms. The molecule has 0 spiro atoms. The molecular formula is CHF3OS. The van der Waals surface area contributed by atoms with Crippen molar-refractivity contribution in [2.75, 3.05) is 0 Å². The fraction of sp³-hybridized carbons (Fsp3) is 1.00. The minimum atomic E-state index is -4.59. The highest BCUT2D eigenvalue weighted by Gasteiger charge is 2.27. The van der Waals surface area contributed by atoms with Crippen LogP contribution in [0, 0.1) is 0 Å². The molecule has 0 aromatic heterocycles. The van der Waals surface area contributed by atoms with Crippen molar-refractivity contribution in [3.63, 3.8) is 0 Å². The molecule has 0 aliphatic heterocycles. The summed E-state index contributed by atoms with van der Waals surface area (Å²) in [5, 5.41) is 0. The van der Waals surface area contributed by atoms with Crippen LogP contribution in [0.2, 0.25) is 0 Å². The Kier molecular flexibility index (Phi) is 1.73. The summed E-state index contributed by atoms with van der Waals surface area (Å²) >= 11 is 2.48. The molecule has 0 radical (unpaired) electrons. The quantitative estimate of drug-likeness (QED) is 0.373. The second-order valence-corrected chi connectivity index (χ2v) is 0.720. The van der Waals surface area contributed by atoms with Crippen LogP contribution in [0.15, 0.2) is 0 Å². The number of alkyl halides is 3. The summed E-state index contributed by atoms with van der Waals surface area (Å²) in [5.74, 6) is 0. The van der Waals surface area contributed by atoms with Crippen molar-refractivity contribution in [3.05, 3.63) is 0 Å². The zero-order valence-corrected chi connectivity index (χ0v) is 3.38. The lowest BCUT2D eigenvalue weighted by molar-refractivity contribution is -0.265. The van der Waals surface area contributed by atoms with Gasteiger partial charge < -0.3 is 0 Å². The number of rotatable bonds is 0. The molecule has 0 aromatic carbocycles. The first kappa shape index (κ1) is 6.10. The summed E-state index contributed by atoms with van der Waals surface area (Å²) in [7, 11) is 0. The van der Waals surface area contributed by atoms with Crippen molar-refractivity contribution in [3.8, 4) is 0 Å². The second kappa shape index (κ2) is 1.70. The van der Waals surface area contributed by atoms with Crippen molar-refractivity contribution in [2.45, 2.75) is 6.36 Å². The zero-order chi connectivity index (χ0) is 5.21. The lowest BCUT2D eigenvalue weighted by Gasteiger charge is -1.95. The predicted molar refractivity (Wildman–Crippen MR) is 16.1 cm³/mol.